The summed E-state index contributed by atoms with van der Waals surface area (Å²) >= 11 is 0. The Labute approximate surface area is 175 Å². The van der Waals surface area contributed by atoms with Crippen LogP contribution in [0.3, 0.4) is 0 Å². The fraction of sp³-hybridized carbons (Fsp3) is 0.318. The molecular weight excluding hydrogens is 384 g/mol. The highest BCUT2D eigenvalue weighted by molar-refractivity contribution is 5.92. The fourth-order valence-electron chi connectivity index (χ4n) is 3.52. The largest absolute Gasteiger partial charge is 0.493 e. The van der Waals surface area contributed by atoms with E-state index in [9.17, 15) is 9.59 Å². The minimum Gasteiger partial charge on any atom is -0.493 e. The number of benzene rings is 2. The van der Waals surface area contributed by atoms with E-state index in [0.717, 1.165) is 24.9 Å². The van der Waals surface area contributed by atoms with Gasteiger partial charge in [-0.1, -0.05) is 12.1 Å². The van der Waals surface area contributed by atoms with E-state index in [-0.39, 0.29) is 24.5 Å². The molecule has 30 heavy (non-hydrogen) atoms. The van der Waals surface area contributed by atoms with E-state index in [1.54, 1.807) is 24.3 Å². The van der Waals surface area contributed by atoms with Gasteiger partial charge < -0.3 is 20.5 Å². The second-order valence-electron chi connectivity index (χ2n) is 7.05. The maximum atomic E-state index is 12.3. The first-order valence-corrected chi connectivity index (χ1v) is 9.63. The number of nitriles is 1. The maximum absolute atomic E-state index is 12.3. The number of carbonyl (C=O) groups is 2. The molecule has 1 aliphatic heterocycles. The maximum Gasteiger partial charge on any atom is 0.262 e. The molecule has 1 saturated heterocycles. The van der Waals surface area contributed by atoms with Crippen molar-refractivity contribution in [1.29, 1.82) is 5.26 Å². The summed E-state index contributed by atoms with van der Waals surface area (Å²) in [5, 5.41) is 11.8. The van der Waals surface area contributed by atoms with E-state index in [0.29, 0.717) is 29.3 Å². The number of amides is 2. The molecule has 2 aromatic rings. The van der Waals surface area contributed by atoms with Crippen LogP contribution < -0.4 is 20.5 Å². The lowest BCUT2D eigenvalue weighted by Crippen LogP contribution is -2.39. The van der Waals surface area contributed by atoms with E-state index in [2.05, 4.69) is 10.2 Å². The zero-order valence-electron chi connectivity index (χ0n) is 16.8. The lowest BCUT2D eigenvalue weighted by atomic mass is 10.1. The van der Waals surface area contributed by atoms with E-state index in [1.165, 1.54) is 7.11 Å². The number of nitrogens with two attached hydrogens (primary N) is 1. The van der Waals surface area contributed by atoms with Crippen LogP contribution in [0.5, 0.6) is 11.5 Å². The Morgan fingerprint density at radius 2 is 2.10 bits per heavy atom. The summed E-state index contributed by atoms with van der Waals surface area (Å²) in [5.41, 5.74) is 7.54. The van der Waals surface area contributed by atoms with Gasteiger partial charge in [-0.3, -0.25) is 14.5 Å². The van der Waals surface area contributed by atoms with Crippen LogP contribution in [0.2, 0.25) is 0 Å². The van der Waals surface area contributed by atoms with Gasteiger partial charge >= 0.3 is 0 Å². The number of primary amides is 1. The lowest BCUT2D eigenvalue weighted by molar-refractivity contribution is -0.122. The Bertz CT molecular complexity index is 970. The number of methoxy groups -OCH3 is 1. The molecule has 1 aliphatic rings. The molecule has 156 valence electrons. The number of anilines is 1. The van der Waals surface area contributed by atoms with Gasteiger partial charge in [0.15, 0.2) is 18.1 Å². The molecule has 0 saturated carbocycles. The SMILES string of the molecule is COc1cc(C#N)ccc1OCC(=O)Nc1cccc(CN2CCCC2C(N)=O)c1. The minimum atomic E-state index is -0.324. The Morgan fingerprint density at radius 1 is 1.27 bits per heavy atom. The standard InChI is InChI=1S/C22H24N4O4/c1-29-20-11-15(12-23)7-8-19(20)30-14-21(27)25-17-5-2-4-16(10-17)13-26-9-3-6-18(26)22(24)28/h2,4-5,7-8,10-11,18H,3,6,9,13-14H2,1H3,(H2,24,28)(H,25,27). The average molecular weight is 408 g/mol. The van der Waals surface area contributed by atoms with Gasteiger partial charge in [-0.25, -0.2) is 0 Å². The number of ether oxygens (including phenoxy) is 2. The van der Waals surface area contributed by atoms with E-state index in [1.807, 2.05) is 24.3 Å². The Morgan fingerprint density at radius 3 is 2.83 bits per heavy atom. The van der Waals surface area contributed by atoms with Crippen molar-refractivity contribution >= 4 is 17.5 Å². The first-order valence-electron chi connectivity index (χ1n) is 9.63. The number of likely N-dealkylation sites (tertiary alicyclic amines) is 1. The Balaban J connectivity index is 1.58. The molecule has 0 spiro atoms. The molecule has 1 heterocycles. The molecule has 8 heteroatoms. The number of hydrogen-bond donors (Lipinski definition) is 2. The van der Waals surface area contributed by atoms with Gasteiger partial charge in [-0.05, 0) is 49.2 Å². The van der Waals surface area contributed by atoms with Gasteiger partial charge in [0.25, 0.3) is 5.91 Å². The lowest BCUT2D eigenvalue weighted by Gasteiger charge is -2.22. The third-order valence-electron chi connectivity index (χ3n) is 4.94. The number of hydrogen-bond acceptors (Lipinski definition) is 6. The van der Waals surface area contributed by atoms with Crippen LogP contribution in [0.1, 0.15) is 24.0 Å². The van der Waals surface area contributed by atoms with Gasteiger partial charge in [0.05, 0.1) is 24.8 Å². The predicted molar refractivity (Wildman–Crippen MR) is 111 cm³/mol. The molecule has 0 bridgehead atoms. The fourth-order valence-corrected chi connectivity index (χ4v) is 3.52. The van der Waals surface area contributed by atoms with Gasteiger partial charge in [0.1, 0.15) is 0 Å². The van der Waals surface area contributed by atoms with Crippen molar-refractivity contribution < 1.29 is 19.1 Å². The smallest absolute Gasteiger partial charge is 0.262 e. The quantitative estimate of drug-likeness (QED) is 0.690. The van der Waals surface area contributed by atoms with Crippen LogP contribution in [-0.2, 0) is 16.1 Å². The second kappa shape index (κ2) is 9.76. The van der Waals surface area contributed by atoms with Crippen LogP contribution in [-0.4, -0.2) is 43.0 Å². The molecule has 1 fully saturated rings. The average Bonchev–Trinajstić information content (AvgIpc) is 3.20. The minimum absolute atomic E-state index is 0.206. The van der Waals surface area contributed by atoms with E-state index in [4.69, 9.17) is 20.5 Å². The molecule has 1 unspecified atom stereocenters. The molecular formula is C22H24N4O4. The van der Waals surface area contributed by atoms with Crippen molar-refractivity contribution in [2.75, 3.05) is 25.6 Å². The van der Waals surface area contributed by atoms with Crippen molar-refractivity contribution in [2.45, 2.75) is 25.4 Å². The van der Waals surface area contributed by atoms with Gasteiger partial charge in [-0.2, -0.15) is 5.26 Å². The molecule has 0 radical (unpaired) electrons. The third-order valence-corrected chi connectivity index (χ3v) is 4.94. The highest BCUT2D eigenvalue weighted by Gasteiger charge is 2.28. The predicted octanol–water partition coefficient (Wildman–Crippen LogP) is 2.03. The zero-order chi connectivity index (χ0) is 21.5. The summed E-state index contributed by atoms with van der Waals surface area (Å²) in [6.45, 7) is 1.21. The second-order valence-corrected chi connectivity index (χ2v) is 7.05. The van der Waals surface area contributed by atoms with Gasteiger partial charge in [-0.15, -0.1) is 0 Å². The molecule has 0 aliphatic carbocycles. The first kappa shape index (κ1) is 21.1. The molecule has 0 aromatic heterocycles. The van der Waals surface area contributed by atoms with Crippen molar-refractivity contribution in [3.8, 4) is 17.6 Å². The summed E-state index contributed by atoms with van der Waals surface area (Å²) in [6.07, 6.45) is 1.72. The van der Waals surface area contributed by atoms with Crippen LogP contribution in [0.15, 0.2) is 42.5 Å². The molecule has 3 rings (SSSR count). The summed E-state index contributed by atoms with van der Waals surface area (Å²) in [5.74, 6) is 0.146. The third kappa shape index (κ3) is 5.27. The molecule has 1 atom stereocenters. The summed E-state index contributed by atoms with van der Waals surface area (Å²) in [4.78, 5) is 25.9. The Kier molecular flexibility index (Phi) is 6.88. The highest BCUT2D eigenvalue weighted by Crippen LogP contribution is 2.28. The number of nitrogens with one attached hydrogen (secondary N) is 1. The number of carbonyl (C=O) groups excluding carboxylic acids is 2. The molecule has 2 aromatic carbocycles. The highest BCUT2D eigenvalue weighted by atomic mass is 16.5. The van der Waals surface area contributed by atoms with Gasteiger partial charge in [0, 0.05) is 18.3 Å². The van der Waals surface area contributed by atoms with E-state index < -0.39 is 0 Å². The summed E-state index contributed by atoms with van der Waals surface area (Å²) < 4.78 is 10.7. The van der Waals surface area contributed by atoms with Crippen molar-refractivity contribution in [3.63, 3.8) is 0 Å². The molecule has 3 N–H and O–H groups in total. The van der Waals surface area contributed by atoms with Crippen molar-refractivity contribution in [1.82, 2.24) is 4.90 Å². The van der Waals surface area contributed by atoms with E-state index >= 15 is 0 Å². The van der Waals surface area contributed by atoms with Crippen molar-refractivity contribution in [3.05, 3.63) is 53.6 Å². The van der Waals surface area contributed by atoms with Crippen molar-refractivity contribution in [2.24, 2.45) is 5.73 Å². The van der Waals surface area contributed by atoms with Crippen LogP contribution in [0.25, 0.3) is 0 Å². The number of rotatable bonds is 8. The van der Waals surface area contributed by atoms with Crippen LogP contribution >= 0.6 is 0 Å². The van der Waals surface area contributed by atoms with Crippen LogP contribution in [0, 0.1) is 11.3 Å². The Hall–Kier alpha value is -3.57. The normalized spacial score (nSPS) is 15.9. The topological polar surface area (TPSA) is 118 Å². The summed E-state index contributed by atoms with van der Waals surface area (Å²) in [7, 11) is 1.47. The molecule has 8 nitrogen and oxygen atoms in total. The monoisotopic (exact) mass is 408 g/mol. The first-order chi connectivity index (χ1) is 14.5. The molecule has 2 amide bonds. The number of nitrogens with zero attached hydrogens (tertiary/aromatic N) is 2. The summed E-state index contributed by atoms with van der Waals surface area (Å²) in [6, 6.07) is 14.0. The van der Waals surface area contributed by atoms with Crippen LogP contribution in [0.4, 0.5) is 5.69 Å². The van der Waals surface area contributed by atoms with Gasteiger partial charge in [0.2, 0.25) is 5.91 Å². The zero-order valence-corrected chi connectivity index (χ0v) is 16.8.